The quantitative estimate of drug-likeness (QED) is 0.549. The van der Waals surface area contributed by atoms with E-state index in [0.717, 1.165) is 19.1 Å². The molecule has 0 unspecified atom stereocenters. The van der Waals surface area contributed by atoms with Gasteiger partial charge >= 0.3 is 5.97 Å². The number of hydrogen-bond donors (Lipinski definition) is 1. The van der Waals surface area contributed by atoms with E-state index in [1.165, 1.54) is 0 Å². The predicted molar refractivity (Wildman–Crippen MR) is 70.0 cm³/mol. The Kier molecular flexibility index (Phi) is 6.43. The molecule has 0 saturated carbocycles. The zero-order chi connectivity index (χ0) is 14.1. The molecule has 0 heterocycles. The van der Waals surface area contributed by atoms with Crippen LogP contribution < -0.4 is 9.47 Å². The SMILES string of the molecule is COc1ccc(C=O)c(OCCCCCC(=O)O)c1. The van der Waals surface area contributed by atoms with Crippen molar-refractivity contribution in [3.63, 3.8) is 0 Å². The van der Waals surface area contributed by atoms with Crippen LogP contribution in [0.5, 0.6) is 11.5 Å². The lowest BCUT2D eigenvalue weighted by Crippen LogP contribution is -2.01. The summed E-state index contributed by atoms with van der Waals surface area (Å²) in [6.45, 7) is 0.452. The van der Waals surface area contributed by atoms with Crippen molar-refractivity contribution < 1.29 is 24.2 Å². The molecule has 0 spiro atoms. The molecule has 1 rings (SSSR count). The number of aliphatic carboxylic acids is 1. The molecular formula is C14H18O5. The van der Waals surface area contributed by atoms with E-state index in [2.05, 4.69) is 0 Å². The lowest BCUT2D eigenvalue weighted by molar-refractivity contribution is -0.137. The first-order chi connectivity index (χ1) is 9.17. The van der Waals surface area contributed by atoms with Gasteiger partial charge in [0.05, 0.1) is 19.3 Å². The monoisotopic (exact) mass is 266 g/mol. The molecular weight excluding hydrogens is 248 g/mol. The topological polar surface area (TPSA) is 72.8 Å². The van der Waals surface area contributed by atoms with E-state index >= 15 is 0 Å². The number of aldehydes is 1. The number of carboxylic acids is 1. The zero-order valence-electron chi connectivity index (χ0n) is 10.9. The average molecular weight is 266 g/mol. The van der Waals surface area contributed by atoms with Crippen LogP contribution in [0.3, 0.4) is 0 Å². The smallest absolute Gasteiger partial charge is 0.303 e. The van der Waals surface area contributed by atoms with E-state index in [0.29, 0.717) is 30.1 Å². The van der Waals surface area contributed by atoms with Gasteiger partial charge < -0.3 is 14.6 Å². The highest BCUT2D eigenvalue weighted by atomic mass is 16.5. The minimum Gasteiger partial charge on any atom is -0.497 e. The van der Waals surface area contributed by atoms with Crippen LogP contribution in [0, 0.1) is 0 Å². The van der Waals surface area contributed by atoms with Crippen LogP contribution in [-0.2, 0) is 4.79 Å². The summed E-state index contributed by atoms with van der Waals surface area (Å²) in [5, 5.41) is 8.49. The molecule has 1 aromatic carbocycles. The van der Waals surface area contributed by atoms with Gasteiger partial charge in [0.1, 0.15) is 11.5 Å². The summed E-state index contributed by atoms with van der Waals surface area (Å²) in [6.07, 6.45) is 3.09. The Morgan fingerprint density at radius 2 is 2.11 bits per heavy atom. The number of hydrogen-bond acceptors (Lipinski definition) is 4. The molecule has 5 nitrogen and oxygen atoms in total. The third kappa shape index (κ3) is 5.42. The van der Waals surface area contributed by atoms with Gasteiger partial charge in [0, 0.05) is 12.5 Å². The highest BCUT2D eigenvalue weighted by Crippen LogP contribution is 2.23. The molecule has 0 aliphatic heterocycles. The van der Waals surface area contributed by atoms with Crippen LogP contribution >= 0.6 is 0 Å². The third-order valence-corrected chi connectivity index (χ3v) is 2.64. The van der Waals surface area contributed by atoms with Crippen LogP contribution in [-0.4, -0.2) is 31.1 Å². The first-order valence-electron chi connectivity index (χ1n) is 6.15. The normalized spacial score (nSPS) is 9.95. The first-order valence-corrected chi connectivity index (χ1v) is 6.15. The van der Waals surface area contributed by atoms with Crippen molar-refractivity contribution in [1.82, 2.24) is 0 Å². The Hall–Kier alpha value is -2.04. The summed E-state index contributed by atoms with van der Waals surface area (Å²) < 4.78 is 10.6. The zero-order valence-corrected chi connectivity index (χ0v) is 10.9. The number of carboxylic acid groups (broad SMARTS) is 1. The summed E-state index contributed by atoms with van der Waals surface area (Å²) in [4.78, 5) is 21.2. The number of carbonyl (C=O) groups is 2. The molecule has 5 heteroatoms. The Morgan fingerprint density at radius 1 is 1.32 bits per heavy atom. The van der Waals surface area contributed by atoms with Crippen LogP contribution in [0.2, 0.25) is 0 Å². The Bertz CT molecular complexity index is 428. The number of methoxy groups -OCH3 is 1. The summed E-state index contributed by atoms with van der Waals surface area (Å²) in [5.74, 6) is 0.344. The van der Waals surface area contributed by atoms with E-state index in [1.54, 1.807) is 25.3 Å². The second kappa shape index (κ2) is 8.13. The van der Waals surface area contributed by atoms with E-state index in [4.69, 9.17) is 14.6 Å². The molecule has 1 N–H and O–H groups in total. The minimum atomic E-state index is -0.781. The maximum atomic E-state index is 10.9. The molecule has 0 aliphatic carbocycles. The molecule has 0 fully saturated rings. The highest BCUT2D eigenvalue weighted by molar-refractivity contribution is 5.79. The second-order valence-corrected chi connectivity index (χ2v) is 4.07. The van der Waals surface area contributed by atoms with Crippen LogP contribution in [0.1, 0.15) is 36.0 Å². The molecule has 104 valence electrons. The van der Waals surface area contributed by atoms with Gasteiger partial charge in [0.15, 0.2) is 6.29 Å². The van der Waals surface area contributed by atoms with E-state index < -0.39 is 5.97 Å². The van der Waals surface area contributed by atoms with E-state index in [1.807, 2.05) is 0 Å². The maximum Gasteiger partial charge on any atom is 0.303 e. The molecule has 19 heavy (non-hydrogen) atoms. The molecule has 0 aliphatic rings. The fraction of sp³-hybridized carbons (Fsp3) is 0.429. The highest BCUT2D eigenvalue weighted by Gasteiger charge is 2.05. The molecule has 0 bridgehead atoms. The Balaban J connectivity index is 2.39. The standard InChI is InChI=1S/C14H18O5/c1-18-12-7-6-11(10-15)13(9-12)19-8-4-2-3-5-14(16)17/h6-7,9-10H,2-5,8H2,1H3,(H,16,17). The van der Waals surface area contributed by atoms with Gasteiger partial charge in [-0.2, -0.15) is 0 Å². The van der Waals surface area contributed by atoms with Gasteiger partial charge in [-0.05, 0) is 31.4 Å². The number of ether oxygens (including phenoxy) is 2. The van der Waals surface area contributed by atoms with Gasteiger partial charge in [0.2, 0.25) is 0 Å². The van der Waals surface area contributed by atoms with Gasteiger partial charge in [-0.25, -0.2) is 0 Å². The summed E-state index contributed by atoms with van der Waals surface area (Å²) in [6, 6.07) is 5.01. The Morgan fingerprint density at radius 3 is 2.74 bits per heavy atom. The van der Waals surface area contributed by atoms with Crippen molar-refractivity contribution in [2.24, 2.45) is 0 Å². The lowest BCUT2D eigenvalue weighted by atomic mass is 10.2. The van der Waals surface area contributed by atoms with E-state index in [9.17, 15) is 9.59 Å². The molecule has 0 saturated heterocycles. The maximum absolute atomic E-state index is 10.9. The molecule has 1 aromatic rings. The van der Waals surface area contributed by atoms with E-state index in [-0.39, 0.29) is 6.42 Å². The van der Waals surface area contributed by atoms with Crippen LogP contribution in [0.15, 0.2) is 18.2 Å². The number of unbranched alkanes of at least 4 members (excludes halogenated alkanes) is 2. The van der Waals surface area contributed by atoms with Crippen LogP contribution in [0.25, 0.3) is 0 Å². The summed E-state index contributed by atoms with van der Waals surface area (Å²) >= 11 is 0. The van der Waals surface area contributed by atoms with Crippen molar-refractivity contribution >= 4 is 12.3 Å². The lowest BCUT2D eigenvalue weighted by Gasteiger charge is -2.09. The van der Waals surface area contributed by atoms with Crippen molar-refractivity contribution in [3.05, 3.63) is 23.8 Å². The molecule has 0 amide bonds. The van der Waals surface area contributed by atoms with Crippen molar-refractivity contribution in [3.8, 4) is 11.5 Å². The van der Waals surface area contributed by atoms with Crippen molar-refractivity contribution in [2.45, 2.75) is 25.7 Å². The van der Waals surface area contributed by atoms with Gasteiger partial charge in [-0.1, -0.05) is 0 Å². The number of rotatable bonds is 9. The molecule has 0 aromatic heterocycles. The predicted octanol–water partition coefficient (Wildman–Crippen LogP) is 2.53. The summed E-state index contributed by atoms with van der Waals surface area (Å²) in [5.41, 5.74) is 0.478. The summed E-state index contributed by atoms with van der Waals surface area (Å²) in [7, 11) is 1.55. The number of benzene rings is 1. The average Bonchev–Trinajstić information content (AvgIpc) is 2.42. The molecule has 0 radical (unpaired) electrons. The largest absolute Gasteiger partial charge is 0.497 e. The van der Waals surface area contributed by atoms with Crippen molar-refractivity contribution in [2.75, 3.05) is 13.7 Å². The van der Waals surface area contributed by atoms with Gasteiger partial charge in [-0.3, -0.25) is 9.59 Å². The fourth-order valence-corrected chi connectivity index (χ4v) is 1.60. The molecule has 0 atom stereocenters. The van der Waals surface area contributed by atoms with Gasteiger partial charge in [-0.15, -0.1) is 0 Å². The van der Waals surface area contributed by atoms with Gasteiger partial charge in [0.25, 0.3) is 0 Å². The van der Waals surface area contributed by atoms with Crippen LogP contribution in [0.4, 0.5) is 0 Å². The third-order valence-electron chi connectivity index (χ3n) is 2.64. The number of carbonyl (C=O) groups excluding carboxylic acids is 1. The fourth-order valence-electron chi connectivity index (χ4n) is 1.60. The first kappa shape index (κ1) is 15.0. The minimum absolute atomic E-state index is 0.179. The van der Waals surface area contributed by atoms with Crippen molar-refractivity contribution in [1.29, 1.82) is 0 Å². The Labute approximate surface area is 112 Å². The second-order valence-electron chi connectivity index (χ2n) is 4.07.